The lowest BCUT2D eigenvalue weighted by Gasteiger charge is -2.14. The summed E-state index contributed by atoms with van der Waals surface area (Å²) < 4.78 is 0. The molecule has 0 fully saturated rings. The van der Waals surface area contributed by atoms with Crippen LogP contribution in [0.3, 0.4) is 0 Å². The third-order valence-electron chi connectivity index (χ3n) is 2.13. The van der Waals surface area contributed by atoms with E-state index in [2.05, 4.69) is 32.7 Å². The minimum Gasteiger partial charge on any atom is -0.310 e. The first-order valence-corrected chi connectivity index (χ1v) is 4.64. The molecule has 1 nitrogen and oxygen atoms in total. The molecule has 1 N–H and O–H groups in total. The summed E-state index contributed by atoms with van der Waals surface area (Å²) in [5, 5.41) is 3.47. The summed E-state index contributed by atoms with van der Waals surface area (Å²) >= 11 is 0. The first-order chi connectivity index (χ1) is 5.24. The first kappa shape index (κ1) is 10.7. The van der Waals surface area contributed by atoms with E-state index in [-0.39, 0.29) is 0 Å². The average Bonchev–Trinajstić information content (AvgIpc) is 2.06. The molecule has 0 aromatic rings. The first-order valence-electron chi connectivity index (χ1n) is 4.64. The van der Waals surface area contributed by atoms with Gasteiger partial charge in [0.2, 0.25) is 0 Å². The molecule has 0 bridgehead atoms. The Morgan fingerprint density at radius 1 is 1.27 bits per heavy atom. The van der Waals surface area contributed by atoms with Crippen LogP contribution in [0.25, 0.3) is 0 Å². The number of hydrogen-bond acceptors (Lipinski definition) is 1. The summed E-state index contributed by atoms with van der Waals surface area (Å²) in [5.74, 6) is 0. The van der Waals surface area contributed by atoms with Crippen molar-refractivity contribution in [2.45, 2.75) is 46.1 Å². The van der Waals surface area contributed by atoms with E-state index in [1.807, 2.05) is 0 Å². The highest BCUT2D eigenvalue weighted by molar-refractivity contribution is 4.95. The summed E-state index contributed by atoms with van der Waals surface area (Å²) in [6, 6.07) is 0.679. The lowest BCUT2D eigenvalue weighted by molar-refractivity contribution is 0.503. The van der Waals surface area contributed by atoms with Gasteiger partial charge in [-0.15, -0.1) is 0 Å². The predicted molar refractivity (Wildman–Crippen MR) is 51.8 cm³/mol. The van der Waals surface area contributed by atoms with Crippen molar-refractivity contribution in [2.75, 3.05) is 6.54 Å². The number of nitrogens with one attached hydrogen (secondary N) is 1. The minimum atomic E-state index is 0.679. The molecule has 0 spiro atoms. The fraction of sp³-hybridized carbons (Fsp3) is 0.800. The monoisotopic (exact) mass is 155 g/mol. The van der Waals surface area contributed by atoms with E-state index in [9.17, 15) is 0 Å². The van der Waals surface area contributed by atoms with Crippen molar-refractivity contribution in [2.24, 2.45) is 0 Å². The molecular weight excluding hydrogens is 134 g/mol. The predicted octanol–water partition coefficient (Wildman–Crippen LogP) is 2.73. The highest BCUT2D eigenvalue weighted by Gasteiger charge is 2.00. The van der Waals surface area contributed by atoms with E-state index in [0.29, 0.717) is 6.04 Å². The van der Waals surface area contributed by atoms with Gasteiger partial charge in [-0.2, -0.15) is 0 Å². The number of hydrogen-bond donors (Lipinski definition) is 1. The van der Waals surface area contributed by atoms with Crippen molar-refractivity contribution >= 4 is 0 Å². The van der Waals surface area contributed by atoms with Crippen molar-refractivity contribution in [3.8, 4) is 0 Å². The summed E-state index contributed by atoms with van der Waals surface area (Å²) in [7, 11) is 0. The largest absolute Gasteiger partial charge is 0.310 e. The molecule has 0 aliphatic carbocycles. The van der Waals surface area contributed by atoms with Gasteiger partial charge in [0.05, 0.1) is 0 Å². The standard InChI is InChI=1S/C10H21N/c1-5-9(4)8-11-10(6-2)7-3/h10-11H,4-8H2,1-3H3. The lowest BCUT2D eigenvalue weighted by atomic mass is 10.1. The molecule has 0 unspecified atom stereocenters. The van der Waals surface area contributed by atoms with Gasteiger partial charge in [0, 0.05) is 12.6 Å². The van der Waals surface area contributed by atoms with E-state index >= 15 is 0 Å². The second-order valence-electron chi connectivity index (χ2n) is 3.00. The zero-order chi connectivity index (χ0) is 8.69. The topological polar surface area (TPSA) is 12.0 Å². The Hall–Kier alpha value is -0.300. The van der Waals surface area contributed by atoms with E-state index < -0.39 is 0 Å². The Balaban J connectivity index is 3.42. The van der Waals surface area contributed by atoms with Crippen LogP contribution in [-0.2, 0) is 0 Å². The molecule has 0 heterocycles. The average molecular weight is 155 g/mol. The molecule has 0 aromatic carbocycles. The molecular formula is C10H21N. The van der Waals surface area contributed by atoms with Gasteiger partial charge < -0.3 is 5.32 Å². The molecule has 66 valence electrons. The summed E-state index contributed by atoms with van der Waals surface area (Å²) in [6.45, 7) is 11.5. The van der Waals surface area contributed by atoms with Crippen molar-refractivity contribution in [3.63, 3.8) is 0 Å². The zero-order valence-electron chi connectivity index (χ0n) is 8.11. The van der Waals surface area contributed by atoms with Gasteiger partial charge in [-0.25, -0.2) is 0 Å². The van der Waals surface area contributed by atoms with Gasteiger partial charge >= 0.3 is 0 Å². The lowest BCUT2D eigenvalue weighted by Crippen LogP contribution is -2.29. The minimum absolute atomic E-state index is 0.679. The highest BCUT2D eigenvalue weighted by Crippen LogP contribution is 1.99. The number of rotatable bonds is 6. The smallest absolute Gasteiger partial charge is 0.0164 e. The van der Waals surface area contributed by atoms with Crippen molar-refractivity contribution in [1.29, 1.82) is 0 Å². The van der Waals surface area contributed by atoms with Crippen LogP contribution in [-0.4, -0.2) is 12.6 Å². The van der Waals surface area contributed by atoms with Gasteiger partial charge in [0.1, 0.15) is 0 Å². The van der Waals surface area contributed by atoms with Gasteiger partial charge in [-0.1, -0.05) is 32.9 Å². The van der Waals surface area contributed by atoms with Crippen molar-refractivity contribution in [3.05, 3.63) is 12.2 Å². The second-order valence-corrected chi connectivity index (χ2v) is 3.00. The Morgan fingerprint density at radius 2 is 1.82 bits per heavy atom. The van der Waals surface area contributed by atoms with Crippen molar-refractivity contribution in [1.82, 2.24) is 5.32 Å². The molecule has 0 aliphatic rings. The van der Waals surface area contributed by atoms with Crippen LogP contribution in [0.15, 0.2) is 12.2 Å². The molecule has 0 atom stereocenters. The molecule has 0 saturated carbocycles. The summed E-state index contributed by atoms with van der Waals surface area (Å²) in [5.41, 5.74) is 1.30. The normalized spacial score (nSPS) is 10.5. The molecule has 11 heavy (non-hydrogen) atoms. The van der Waals surface area contributed by atoms with Crippen LogP contribution in [0, 0.1) is 0 Å². The third-order valence-corrected chi connectivity index (χ3v) is 2.13. The van der Waals surface area contributed by atoms with Gasteiger partial charge in [-0.05, 0) is 19.3 Å². The van der Waals surface area contributed by atoms with Crippen LogP contribution in [0.5, 0.6) is 0 Å². The van der Waals surface area contributed by atoms with E-state index in [1.165, 1.54) is 18.4 Å². The van der Waals surface area contributed by atoms with E-state index in [4.69, 9.17) is 0 Å². The fourth-order valence-corrected chi connectivity index (χ4v) is 0.991. The second kappa shape index (κ2) is 6.41. The zero-order valence-corrected chi connectivity index (χ0v) is 8.11. The Labute approximate surface area is 70.9 Å². The molecule has 0 saturated heterocycles. The summed E-state index contributed by atoms with van der Waals surface area (Å²) in [4.78, 5) is 0. The maximum atomic E-state index is 3.95. The van der Waals surface area contributed by atoms with Crippen LogP contribution in [0.2, 0.25) is 0 Å². The maximum Gasteiger partial charge on any atom is 0.0164 e. The van der Waals surface area contributed by atoms with Gasteiger partial charge in [0.25, 0.3) is 0 Å². The molecule has 0 aromatic heterocycles. The Morgan fingerprint density at radius 3 is 2.18 bits per heavy atom. The molecule has 0 rings (SSSR count). The van der Waals surface area contributed by atoms with E-state index in [1.54, 1.807) is 0 Å². The summed E-state index contributed by atoms with van der Waals surface area (Å²) in [6.07, 6.45) is 3.52. The maximum absolute atomic E-state index is 3.95. The third kappa shape index (κ3) is 5.02. The molecule has 0 radical (unpaired) electrons. The Kier molecular flexibility index (Phi) is 6.24. The van der Waals surface area contributed by atoms with Gasteiger partial charge in [-0.3, -0.25) is 0 Å². The fourth-order valence-electron chi connectivity index (χ4n) is 0.991. The molecule has 0 amide bonds. The Bertz CT molecular complexity index is 103. The van der Waals surface area contributed by atoms with Crippen LogP contribution in [0.4, 0.5) is 0 Å². The van der Waals surface area contributed by atoms with Crippen LogP contribution in [0.1, 0.15) is 40.0 Å². The van der Waals surface area contributed by atoms with Crippen molar-refractivity contribution < 1.29 is 0 Å². The van der Waals surface area contributed by atoms with Gasteiger partial charge in [0.15, 0.2) is 0 Å². The quantitative estimate of drug-likeness (QED) is 0.582. The van der Waals surface area contributed by atoms with E-state index in [0.717, 1.165) is 13.0 Å². The SMILES string of the molecule is C=C(CC)CNC(CC)CC. The molecule has 0 aliphatic heterocycles. The molecule has 1 heteroatoms. The highest BCUT2D eigenvalue weighted by atomic mass is 14.9. The van der Waals surface area contributed by atoms with Crippen LogP contribution < -0.4 is 5.32 Å². The van der Waals surface area contributed by atoms with Crippen LogP contribution >= 0.6 is 0 Å².